The van der Waals surface area contributed by atoms with Gasteiger partial charge in [0.25, 0.3) is 0 Å². The minimum absolute atomic E-state index is 0.176. The summed E-state index contributed by atoms with van der Waals surface area (Å²) in [4.78, 5) is 0. The van der Waals surface area contributed by atoms with E-state index in [-0.39, 0.29) is 7.92 Å². The molecule has 0 N–H and O–H groups in total. The van der Waals surface area contributed by atoms with Gasteiger partial charge in [-0.2, -0.15) is 11.8 Å². The molecular formula is C16H19PS. The molecule has 0 aliphatic heterocycles. The van der Waals surface area contributed by atoms with E-state index in [0.29, 0.717) is 0 Å². The molecule has 0 aliphatic carbocycles. The first-order valence-electron chi connectivity index (χ1n) is 6.28. The maximum atomic E-state index is 2.28. The lowest BCUT2D eigenvalue weighted by atomic mass is 10.4. The Morgan fingerprint density at radius 1 is 0.833 bits per heavy atom. The van der Waals surface area contributed by atoms with Crippen molar-refractivity contribution in [2.24, 2.45) is 0 Å². The largest absolute Gasteiger partial charge is 0.165 e. The van der Waals surface area contributed by atoms with Crippen molar-refractivity contribution in [3.8, 4) is 0 Å². The van der Waals surface area contributed by atoms with Gasteiger partial charge in [0.2, 0.25) is 0 Å². The molecular weight excluding hydrogens is 255 g/mol. The third-order valence-corrected chi connectivity index (χ3v) is 6.17. The molecule has 0 amide bonds. The van der Waals surface area contributed by atoms with Crippen molar-refractivity contribution in [2.45, 2.75) is 6.42 Å². The average Bonchev–Trinajstić information content (AvgIpc) is 2.46. The fourth-order valence-electron chi connectivity index (χ4n) is 1.99. The number of hydrogen-bond donors (Lipinski definition) is 0. The van der Waals surface area contributed by atoms with Gasteiger partial charge in [-0.3, -0.25) is 0 Å². The van der Waals surface area contributed by atoms with Crippen LogP contribution in [0.15, 0.2) is 60.7 Å². The molecule has 0 fully saturated rings. The van der Waals surface area contributed by atoms with E-state index in [0.717, 1.165) is 0 Å². The maximum Gasteiger partial charge on any atom is -0.00668 e. The topological polar surface area (TPSA) is 0 Å². The summed E-state index contributed by atoms with van der Waals surface area (Å²) in [5.41, 5.74) is 0. The summed E-state index contributed by atoms with van der Waals surface area (Å²) in [7, 11) is -0.176. The molecule has 0 saturated heterocycles. The molecule has 0 heterocycles. The van der Waals surface area contributed by atoms with Crippen LogP contribution in [0, 0.1) is 0 Å². The van der Waals surface area contributed by atoms with Crippen molar-refractivity contribution in [1.29, 1.82) is 0 Å². The van der Waals surface area contributed by atoms with Crippen LogP contribution in [0.2, 0.25) is 0 Å². The Balaban J connectivity index is 2.18. The highest BCUT2D eigenvalue weighted by molar-refractivity contribution is 7.98. The van der Waals surface area contributed by atoms with Crippen LogP contribution in [-0.4, -0.2) is 18.2 Å². The Labute approximate surface area is 116 Å². The zero-order valence-corrected chi connectivity index (χ0v) is 12.5. The second-order valence-corrected chi connectivity index (χ2v) is 7.49. The van der Waals surface area contributed by atoms with Gasteiger partial charge in [-0.25, -0.2) is 0 Å². The van der Waals surface area contributed by atoms with Gasteiger partial charge in [-0.05, 0) is 43.1 Å². The normalized spacial score (nSPS) is 10.8. The second-order valence-electron chi connectivity index (χ2n) is 4.17. The summed E-state index contributed by atoms with van der Waals surface area (Å²) < 4.78 is 0. The summed E-state index contributed by atoms with van der Waals surface area (Å²) in [6, 6.07) is 21.9. The summed E-state index contributed by atoms with van der Waals surface area (Å²) >= 11 is 1.94. The summed E-state index contributed by atoms with van der Waals surface area (Å²) in [5, 5.41) is 3.00. The highest BCUT2D eigenvalue weighted by Crippen LogP contribution is 2.34. The van der Waals surface area contributed by atoms with Crippen molar-refractivity contribution < 1.29 is 0 Å². The van der Waals surface area contributed by atoms with Gasteiger partial charge in [0.15, 0.2) is 0 Å². The maximum absolute atomic E-state index is 2.28. The lowest BCUT2D eigenvalue weighted by molar-refractivity contribution is 1.12. The Bertz CT molecular complexity index is 402. The molecule has 2 aromatic carbocycles. The van der Waals surface area contributed by atoms with E-state index in [1.165, 1.54) is 28.9 Å². The third-order valence-electron chi connectivity index (χ3n) is 2.87. The summed E-state index contributed by atoms with van der Waals surface area (Å²) in [6.45, 7) is 0. The quantitative estimate of drug-likeness (QED) is 0.569. The van der Waals surface area contributed by atoms with Crippen LogP contribution in [0.5, 0.6) is 0 Å². The zero-order valence-electron chi connectivity index (χ0n) is 10.8. The third kappa shape index (κ3) is 3.86. The van der Waals surface area contributed by atoms with E-state index in [1.807, 2.05) is 11.8 Å². The summed E-state index contributed by atoms with van der Waals surface area (Å²) in [5.74, 6) is 1.26. The Morgan fingerprint density at radius 3 is 1.78 bits per heavy atom. The predicted molar refractivity (Wildman–Crippen MR) is 86.9 cm³/mol. The van der Waals surface area contributed by atoms with Gasteiger partial charge in [-0.15, -0.1) is 0 Å². The molecule has 0 nitrogen and oxygen atoms in total. The Morgan fingerprint density at radius 2 is 1.33 bits per heavy atom. The van der Waals surface area contributed by atoms with Crippen LogP contribution < -0.4 is 10.6 Å². The minimum Gasteiger partial charge on any atom is -0.165 e. The fraction of sp³-hybridized carbons (Fsp3) is 0.250. The van der Waals surface area contributed by atoms with Gasteiger partial charge in [0.1, 0.15) is 0 Å². The van der Waals surface area contributed by atoms with Gasteiger partial charge in [0.05, 0.1) is 0 Å². The molecule has 2 aromatic rings. The molecule has 0 aliphatic rings. The smallest absolute Gasteiger partial charge is 0.00668 e. The van der Waals surface area contributed by atoms with Crippen molar-refractivity contribution in [1.82, 2.24) is 0 Å². The van der Waals surface area contributed by atoms with Gasteiger partial charge < -0.3 is 0 Å². The number of benzene rings is 2. The van der Waals surface area contributed by atoms with Crippen molar-refractivity contribution in [3.63, 3.8) is 0 Å². The molecule has 94 valence electrons. The Kier molecular flexibility index (Phi) is 5.77. The first-order valence-corrected chi connectivity index (χ1v) is 9.20. The van der Waals surface area contributed by atoms with Crippen LogP contribution in [0.25, 0.3) is 0 Å². The minimum atomic E-state index is -0.176. The lowest BCUT2D eigenvalue weighted by Crippen LogP contribution is -2.14. The van der Waals surface area contributed by atoms with E-state index in [1.54, 1.807) is 0 Å². The standard InChI is InChI=1S/C16H19PS/c1-18-14-8-13-17(15-9-4-2-5-10-15)16-11-6-3-7-12-16/h2-7,9-12H,8,13-14H2,1H3. The molecule has 0 radical (unpaired) electrons. The molecule has 0 aromatic heterocycles. The Hall–Kier alpha value is -0.780. The van der Waals surface area contributed by atoms with Crippen LogP contribution in [0.4, 0.5) is 0 Å². The van der Waals surface area contributed by atoms with Gasteiger partial charge >= 0.3 is 0 Å². The molecule has 2 heteroatoms. The number of thioether (sulfide) groups is 1. The van der Waals surface area contributed by atoms with Gasteiger partial charge in [-0.1, -0.05) is 60.7 Å². The molecule has 18 heavy (non-hydrogen) atoms. The van der Waals surface area contributed by atoms with E-state index in [2.05, 4.69) is 66.9 Å². The average molecular weight is 274 g/mol. The van der Waals surface area contributed by atoms with Crippen LogP contribution in [0.1, 0.15) is 6.42 Å². The molecule has 2 rings (SSSR count). The zero-order chi connectivity index (χ0) is 12.6. The molecule has 0 saturated carbocycles. The van der Waals surface area contributed by atoms with Crippen molar-refractivity contribution in [3.05, 3.63) is 60.7 Å². The molecule has 0 atom stereocenters. The fourth-order valence-corrected chi connectivity index (χ4v) is 4.99. The number of hydrogen-bond acceptors (Lipinski definition) is 1. The van der Waals surface area contributed by atoms with E-state index in [4.69, 9.17) is 0 Å². The second kappa shape index (κ2) is 7.61. The molecule has 0 unspecified atom stereocenters. The highest BCUT2D eigenvalue weighted by atomic mass is 32.2. The van der Waals surface area contributed by atoms with Crippen molar-refractivity contribution in [2.75, 3.05) is 18.2 Å². The van der Waals surface area contributed by atoms with Crippen LogP contribution in [0.3, 0.4) is 0 Å². The highest BCUT2D eigenvalue weighted by Gasteiger charge is 2.12. The lowest BCUT2D eigenvalue weighted by Gasteiger charge is -2.18. The number of rotatable bonds is 6. The van der Waals surface area contributed by atoms with Crippen molar-refractivity contribution >= 4 is 30.3 Å². The summed E-state index contributed by atoms with van der Waals surface area (Å²) in [6.07, 6.45) is 4.79. The SMILES string of the molecule is CSCCCP(c1ccccc1)c1ccccc1. The predicted octanol–water partition coefficient (Wildman–Crippen LogP) is 3.87. The first-order chi connectivity index (χ1) is 8.92. The molecule has 0 spiro atoms. The van der Waals surface area contributed by atoms with E-state index < -0.39 is 0 Å². The van der Waals surface area contributed by atoms with E-state index >= 15 is 0 Å². The monoisotopic (exact) mass is 274 g/mol. The first kappa shape index (κ1) is 13.6. The van der Waals surface area contributed by atoms with Crippen LogP contribution >= 0.6 is 19.7 Å². The van der Waals surface area contributed by atoms with Crippen LogP contribution in [-0.2, 0) is 0 Å². The van der Waals surface area contributed by atoms with E-state index in [9.17, 15) is 0 Å². The molecule has 0 bridgehead atoms. The van der Waals surface area contributed by atoms with Gasteiger partial charge in [0, 0.05) is 0 Å².